The summed E-state index contributed by atoms with van der Waals surface area (Å²) in [5, 5.41) is 15.7. The number of anilines is 2. The Labute approximate surface area is 105 Å². The van der Waals surface area contributed by atoms with Crippen molar-refractivity contribution < 1.29 is 4.92 Å². The third-order valence-corrected chi connectivity index (χ3v) is 2.91. The van der Waals surface area contributed by atoms with Crippen LogP contribution in [-0.4, -0.2) is 35.1 Å². The van der Waals surface area contributed by atoms with Gasteiger partial charge in [0.2, 0.25) is 0 Å². The third-order valence-electron chi connectivity index (χ3n) is 2.91. The summed E-state index contributed by atoms with van der Waals surface area (Å²) in [6, 6.07) is 2.87. The summed E-state index contributed by atoms with van der Waals surface area (Å²) in [6.45, 7) is 1.89. The number of aromatic nitrogens is 1. The molecule has 1 aromatic heterocycles. The molecule has 7 heteroatoms. The maximum atomic E-state index is 10.8. The molecular formula is C11H17N5O2. The van der Waals surface area contributed by atoms with E-state index in [1.807, 2.05) is 0 Å². The number of nitrogens with one attached hydrogen (secondary N) is 2. The number of hydrogen-bond donors (Lipinski definition) is 2. The summed E-state index contributed by atoms with van der Waals surface area (Å²) in [6.07, 6.45) is 3.52. The molecule has 0 aliphatic carbocycles. The van der Waals surface area contributed by atoms with Gasteiger partial charge in [-0.25, -0.2) is 9.99 Å². The third kappa shape index (κ3) is 3.07. The maximum Gasteiger partial charge on any atom is 0.276 e. The Kier molecular flexibility index (Phi) is 3.93. The molecule has 0 saturated carbocycles. The molecule has 1 aromatic rings. The summed E-state index contributed by atoms with van der Waals surface area (Å²) in [7, 11) is 1.69. The Morgan fingerprint density at radius 2 is 1.94 bits per heavy atom. The largest absolute Gasteiger partial charge is 0.373 e. The van der Waals surface area contributed by atoms with E-state index < -0.39 is 4.92 Å². The van der Waals surface area contributed by atoms with E-state index in [9.17, 15) is 10.1 Å². The first kappa shape index (κ1) is 12.6. The fourth-order valence-electron chi connectivity index (χ4n) is 1.97. The zero-order chi connectivity index (χ0) is 13.0. The molecule has 0 unspecified atom stereocenters. The molecule has 1 saturated heterocycles. The van der Waals surface area contributed by atoms with E-state index in [2.05, 4.69) is 20.7 Å². The second-order valence-corrected chi connectivity index (χ2v) is 4.26. The van der Waals surface area contributed by atoms with Gasteiger partial charge in [-0.2, -0.15) is 0 Å². The van der Waals surface area contributed by atoms with Gasteiger partial charge in [0, 0.05) is 20.1 Å². The summed E-state index contributed by atoms with van der Waals surface area (Å²) in [5.74, 6) is 0.999. The van der Waals surface area contributed by atoms with Crippen LogP contribution in [0.3, 0.4) is 0 Å². The van der Waals surface area contributed by atoms with Crippen molar-refractivity contribution in [2.75, 3.05) is 30.9 Å². The Hall–Kier alpha value is -1.89. The van der Waals surface area contributed by atoms with Crippen LogP contribution in [0.1, 0.15) is 19.3 Å². The molecule has 0 spiro atoms. The molecule has 18 heavy (non-hydrogen) atoms. The minimum atomic E-state index is -0.413. The molecule has 1 aliphatic rings. The van der Waals surface area contributed by atoms with Crippen LogP contribution in [0.5, 0.6) is 0 Å². The highest BCUT2D eigenvalue weighted by molar-refractivity contribution is 5.54. The number of rotatable bonds is 4. The zero-order valence-corrected chi connectivity index (χ0v) is 10.3. The average Bonchev–Trinajstić information content (AvgIpc) is 2.39. The number of nitro groups is 1. The van der Waals surface area contributed by atoms with E-state index in [4.69, 9.17) is 0 Å². The van der Waals surface area contributed by atoms with Gasteiger partial charge in [0.25, 0.3) is 5.69 Å². The number of piperidine rings is 1. The molecule has 1 aliphatic heterocycles. The van der Waals surface area contributed by atoms with Crippen molar-refractivity contribution in [1.82, 2.24) is 9.99 Å². The van der Waals surface area contributed by atoms with Crippen LogP contribution in [0.15, 0.2) is 12.1 Å². The standard InChI is InChI=1S/C11H17N5O2/c1-12-10-7-9(16(17)18)8-11(13-10)14-15-5-3-2-4-6-15/h7-8H,2-6H2,1H3,(H2,12,13,14). The zero-order valence-electron chi connectivity index (χ0n) is 10.3. The number of nitrogens with zero attached hydrogens (tertiary/aromatic N) is 3. The van der Waals surface area contributed by atoms with E-state index in [0.717, 1.165) is 25.9 Å². The van der Waals surface area contributed by atoms with Crippen LogP contribution in [0, 0.1) is 10.1 Å². The first-order valence-corrected chi connectivity index (χ1v) is 6.05. The van der Waals surface area contributed by atoms with Crippen LogP contribution >= 0.6 is 0 Å². The molecule has 2 rings (SSSR count). The maximum absolute atomic E-state index is 10.8. The monoisotopic (exact) mass is 251 g/mol. The first-order chi connectivity index (χ1) is 8.69. The van der Waals surface area contributed by atoms with Gasteiger partial charge in [-0.3, -0.25) is 10.1 Å². The lowest BCUT2D eigenvalue weighted by atomic mass is 10.2. The molecule has 0 amide bonds. The van der Waals surface area contributed by atoms with Gasteiger partial charge < -0.3 is 10.7 Å². The molecule has 0 bridgehead atoms. The highest BCUT2D eigenvalue weighted by Crippen LogP contribution is 2.21. The first-order valence-electron chi connectivity index (χ1n) is 6.05. The second-order valence-electron chi connectivity index (χ2n) is 4.26. The van der Waals surface area contributed by atoms with E-state index in [-0.39, 0.29) is 5.69 Å². The molecule has 1 fully saturated rings. The Balaban J connectivity index is 2.15. The summed E-state index contributed by atoms with van der Waals surface area (Å²) in [5.41, 5.74) is 3.16. The molecule has 2 N–H and O–H groups in total. The lowest BCUT2D eigenvalue weighted by molar-refractivity contribution is -0.384. The summed E-state index contributed by atoms with van der Waals surface area (Å²) >= 11 is 0. The second kappa shape index (κ2) is 5.63. The normalized spacial score (nSPS) is 16.3. The van der Waals surface area contributed by atoms with Gasteiger partial charge in [0.05, 0.1) is 17.1 Å². The average molecular weight is 251 g/mol. The Morgan fingerprint density at radius 3 is 2.56 bits per heavy atom. The summed E-state index contributed by atoms with van der Waals surface area (Å²) in [4.78, 5) is 14.7. The van der Waals surface area contributed by atoms with Gasteiger partial charge >= 0.3 is 0 Å². The molecule has 2 heterocycles. The lowest BCUT2D eigenvalue weighted by Crippen LogP contribution is -2.35. The number of hydrazine groups is 1. The molecule has 98 valence electrons. The van der Waals surface area contributed by atoms with Crippen molar-refractivity contribution in [2.45, 2.75) is 19.3 Å². The van der Waals surface area contributed by atoms with E-state index in [0.29, 0.717) is 11.6 Å². The topological polar surface area (TPSA) is 83.3 Å². The minimum absolute atomic E-state index is 0.0360. The summed E-state index contributed by atoms with van der Waals surface area (Å²) < 4.78 is 0. The molecular weight excluding hydrogens is 234 g/mol. The fraction of sp³-hybridized carbons (Fsp3) is 0.545. The van der Waals surface area contributed by atoms with Gasteiger partial charge in [0.1, 0.15) is 11.6 Å². The van der Waals surface area contributed by atoms with E-state index in [1.165, 1.54) is 18.6 Å². The van der Waals surface area contributed by atoms with Crippen LogP contribution in [0.4, 0.5) is 17.3 Å². The van der Waals surface area contributed by atoms with Crippen LogP contribution in [-0.2, 0) is 0 Å². The Morgan fingerprint density at radius 1 is 1.28 bits per heavy atom. The van der Waals surface area contributed by atoms with Gasteiger partial charge in [0.15, 0.2) is 0 Å². The number of hydrogen-bond acceptors (Lipinski definition) is 6. The van der Waals surface area contributed by atoms with Crippen molar-refractivity contribution in [3.05, 3.63) is 22.2 Å². The van der Waals surface area contributed by atoms with Crippen LogP contribution in [0.2, 0.25) is 0 Å². The van der Waals surface area contributed by atoms with Crippen LogP contribution in [0.25, 0.3) is 0 Å². The van der Waals surface area contributed by atoms with E-state index >= 15 is 0 Å². The highest BCUT2D eigenvalue weighted by atomic mass is 16.6. The van der Waals surface area contributed by atoms with Crippen molar-refractivity contribution in [1.29, 1.82) is 0 Å². The smallest absolute Gasteiger partial charge is 0.276 e. The predicted octanol–water partition coefficient (Wildman–Crippen LogP) is 1.84. The molecule has 0 aromatic carbocycles. The number of pyridine rings is 1. The van der Waals surface area contributed by atoms with Crippen LogP contribution < -0.4 is 10.7 Å². The van der Waals surface area contributed by atoms with Crippen molar-refractivity contribution in [3.8, 4) is 0 Å². The van der Waals surface area contributed by atoms with E-state index in [1.54, 1.807) is 7.05 Å². The fourth-order valence-corrected chi connectivity index (χ4v) is 1.97. The highest BCUT2D eigenvalue weighted by Gasteiger charge is 2.14. The van der Waals surface area contributed by atoms with Crippen molar-refractivity contribution in [2.24, 2.45) is 0 Å². The van der Waals surface area contributed by atoms with Gasteiger partial charge in [-0.1, -0.05) is 6.42 Å². The molecule has 0 radical (unpaired) electrons. The van der Waals surface area contributed by atoms with Crippen molar-refractivity contribution >= 4 is 17.3 Å². The van der Waals surface area contributed by atoms with Crippen molar-refractivity contribution in [3.63, 3.8) is 0 Å². The molecule has 7 nitrogen and oxygen atoms in total. The quantitative estimate of drug-likeness (QED) is 0.627. The lowest BCUT2D eigenvalue weighted by Gasteiger charge is -2.27. The van der Waals surface area contributed by atoms with Gasteiger partial charge in [-0.15, -0.1) is 0 Å². The SMILES string of the molecule is CNc1cc([N+](=O)[O-])cc(NN2CCCCC2)n1. The molecule has 0 atom stereocenters. The minimum Gasteiger partial charge on any atom is -0.373 e. The predicted molar refractivity (Wildman–Crippen MR) is 69.5 cm³/mol. The van der Waals surface area contributed by atoms with Gasteiger partial charge in [-0.05, 0) is 12.8 Å². The Bertz CT molecular complexity index is 431.